The summed E-state index contributed by atoms with van der Waals surface area (Å²) in [5, 5.41) is 3.13. The molecule has 0 saturated heterocycles. The maximum atomic E-state index is 14.0. The second kappa shape index (κ2) is 5.65. The van der Waals surface area contributed by atoms with E-state index in [4.69, 9.17) is 4.74 Å². The Labute approximate surface area is 106 Å². The molecule has 0 heterocycles. The molecule has 3 heteroatoms. The number of nitrogens with one attached hydrogen (secondary N) is 1. The van der Waals surface area contributed by atoms with Crippen LogP contribution in [0.25, 0.3) is 0 Å². The molecule has 18 heavy (non-hydrogen) atoms. The highest BCUT2D eigenvalue weighted by Gasteiger charge is 2.20. The predicted octanol–water partition coefficient (Wildman–Crippen LogP) is 3.14. The van der Waals surface area contributed by atoms with Gasteiger partial charge in [0.15, 0.2) is 0 Å². The van der Waals surface area contributed by atoms with Gasteiger partial charge in [0, 0.05) is 0 Å². The molecule has 0 spiro atoms. The van der Waals surface area contributed by atoms with Crippen LogP contribution in [0.4, 0.5) is 4.39 Å². The summed E-state index contributed by atoms with van der Waals surface area (Å²) in [6.45, 7) is 0. The van der Waals surface area contributed by atoms with Gasteiger partial charge in [-0.15, -0.1) is 0 Å². The smallest absolute Gasteiger partial charge is 0.132 e. The molecule has 0 aromatic heterocycles. The van der Waals surface area contributed by atoms with Crippen molar-refractivity contribution in [3.05, 3.63) is 65.5 Å². The highest BCUT2D eigenvalue weighted by atomic mass is 19.1. The Morgan fingerprint density at radius 3 is 2.39 bits per heavy atom. The Morgan fingerprint density at radius 1 is 1.06 bits per heavy atom. The van der Waals surface area contributed by atoms with Gasteiger partial charge >= 0.3 is 0 Å². The van der Waals surface area contributed by atoms with Gasteiger partial charge in [-0.25, -0.2) is 4.39 Å². The van der Waals surface area contributed by atoms with Gasteiger partial charge in [0.2, 0.25) is 0 Å². The van der Waals surface area contributed by atoms with Crippen molar-refractivity contribution in [3.8, 4) is 5.75 Å². The Bertz CT molecular complexity index is 513. The summed E-state index contributed by atoms with van der Waals surface area (Å²) in [4.78, 5) is 0. The summed E-state index contributed by atoms with van der Waals surface area (Å²) in [6.07, 6.45) is 0. The third-order valence-corrected chi connectivity index (χ3v) is 2.94. The van der Waals surface area contributed by atoms with Crippen molar-refractivity contribution in [2.75, 3.05) is 14.2 Å². The van der Waals surface area contributed by atoms with Gasteiger partial charge in [-0.2, -0.15) is 0 Å². The summed E-state index contributed by atoms with van der Waals surface area (Å²) in [6, 6.07) is 14.4. The Hall–Kier alpha value is -1.87. The van der Waals surface area contributed by atoms with Crippen LogP contribution >= 0.6 is 0 Å². The molecule has 2 aromatic carbocycles. The minimum atomic E-state index is -0.266. The summed E-state index contributed by atoms with van der Waals surface area (Å²) < 4.78 is 19.3. The summed E-state index contributed by atoms with van der Waals surface area (Å²) in [7, 11) is 3.36. The van der Waals surface area contributed by atoms with Crippen LogP contribution in [-0.4, -0.2) is 14.2 Å². The van der Waals surface area contributed by atoms with Gasteiger partial charge in [0.25, 0.3) is 0 Å². The van der Waals surface area contributed by atoms with Crippen LogP contribution in [0, 0.1) is 5.82 Å². The van der Waals surface area contributed by atoms with Gasteiger partial charge in [0.1, 0.15) is 11.6 Å². The summed E-state index contributed by atoms with van der Waals surface area (Å²) in [5.74, 6) is 0.288. The zero-order valence-electron chi connectivity index (χ0n) is 10.5. The molecule has 1 unspecified atom stereocenters. The fourth-order valence-electron chi connectivity index (χ4n) is 2.10. The van der Waals surface area contributed by atoms with Gasteiger partial charge in [-0.05, 0) is 24.7 Å². The lowest BCUT2D eigenvalue weighted by atomic mass is 9.97. The first-order valence-electron chi connectivity index (χ1n) is 5.82. The molecule has 0 fully saturated rings. The van der Waals surface area contributed by atoms with E-state index in [0.29, 0.717) is 11.3 Å². The average molecular weight is 245 g/mol. The molecule has 94 valence electrons. The molecule has 0 aliphatic heterocycles. The minimum absolute atomic E-state index is 0.220. The number of halogens is 1. The quantitative estimate of drug-likeness (QED) is 0.893. The van der Waals surface area contributed by atoms with Crippen LogP contribution in [0.5, 0.6) is 5.75 Å². The standard InChI is InChI=1S/C15H16FNO/c1-17-15(11-7-4-3-5-8-11)14-12(16)9-6-10-13(14)18-2/h3-10,15,17H,1-2H3. The number of hydrogen-bond acceptors (Lipinski definition) is 2. The van der Waals surface area contributed by atoms with Crippen molar-refractivity contribution in [3.63, 3.8) is 0 Å². The van der Waals surface area contributed by atoms with Gasteiger partial charge in [-0.3, -0.25) is 0 Å². The molecular weight excluding hydrogens is 229 g/mol. The molecule has 2 aromatic rings. The fourth-order valence-corrected chi connectivity index (χ4v) is 2.10. The number of methoxy groups -OCH3 is 1. The van der Waals surface area contributed by atoms with Crippen LogP contribution in [0.1, 0.15) is 17.2 Å². The molecule has 0 amide bonds. The van der Waals surface area contributed by atoms with Crippen molar-refractivity contribution >= 4 is 0 Å². The van der Waals surface area contributed by atoms with E-state index in [-0.39, 0.29) is 11.9 Å². The van der Waals surface area contributed by atoms with E-state index < -0.39 is 0 Å². The molecule has 2 rings (SSSR count). The van der Waals surface area contributed by atoms with Crippen LogP contribution in [-0.2, 0) is 0 Å². The van der Waals surface area contributed by atoms with Crippen LogP contribution in [0.3, 0.4) is 0 Å². The lowest BCUT2D eigenvalue weighted by molar-refractivity contribution is 0.398. The van der Waals surface area contributed by atoms with Gasteiger partial charge in [0.05, 0.1) is 18.7 Å². The zero-order valence-corrected chi connectivity index (χ0v) is 10.5. The maximum Gasteiger partial charge on any atom is 0.132 e. The largest absolute Gasteiger partial charge is 0.496 e. The SMILES string of the molecule is CNC(c1ccccc1)c1c(F)cccc1OC. The monoisotopic (exact) mass is 245 g/mol. The maximum absolute atomic E-state index is 14.0. The molecule has 0 bridgehead atoms. The average Bonchev–Trinajstić information content (AvgIpc) is 2.42. The van der Waals surface area contributed by atoms with Crippen molar-refractivity contribution in [1.29, 1.82) is 0 Å². The van der Waals surface area contributed by atoms with E-state index in [1.165, 1.54) is 6.07 Å². The van der Waals surface area contributed by atoms with E-state index >= 15 is 0 Å². The molecular formula is C15H16FNO. The first kappa shape index (κ1) is 12.6. The lowest BCUT2D eigenvalue weighted by Gasteiger charge is -2.20. The van der Waals surface area contributed by atoms with Crippen molar-refractivity contribution in [1.82, 2.24) is 5.32 Å². The first-order chi connectivity index (χ1) is 8.77. The van der Waals surface area contributed by atoms with Gasteiger partial charge < -0.3 is 10.1 Å². The highest BCUT2D eigenvalue weighted by Crippen LogP contribution is 2.31. The number of hydrogen-bond donors (Lipinski definition) is 1. The van der Waals surface area contributed by atoms with Crippen molar-refractivity contribution < 1.29 is 9.13 Å². The number of ether oxygens (including phenoxy) is 1. The molecule has 1 atom stereocenters. The molecule has 0 saturated carbocycles. The van der Waals surface area contributed by atoms with Crippen LogP contribution in [0.15, 0.2) is 48.5 Å². The van der Waals surface area contributed by atoms with E-state index in [2.05, 4.69) is 5.32 Å². The molecule has 0 aliphatic rings. The minimum Gasteiger partial charge on any atom is -0.496 e. The Balaban J connectivity index is 2.52. The Kier molecular flexibility index (Phi) is 3.95. The van der Waals surface area contributed by atoms with E-state index in [1.54, 1.807) is 19.2 Å². The van der Waals surface area contributed by atoms with Crippen molar-refractivity contribution in [2.24, 2.45) is 0 Å². The van der Waals surface area contributed by atoms with E-state index in [9.17, 15) is 4.39 Å². The third kappa shape index (κ3) is 2.36. The number of benzene rings is 2. The Morgan fingerprint density at radius 2 is 1.78 bits per heavy atom. The first-order valence-corrected chi connectivity index (χ1v) is 5.82. The third-order valence-electron chi connectivity index (χ3n) is 2.94. The summed E-state index contributed by atoms with van der Waals surface area (Å²) >= 11 is 0. The van der Waals surface area contributed by atoms with Crippen LogP contribution in [0.2, 0.25) is 0 Å². The molecule has 2 nitrogen and oxygen atoms in total. The topological polar surface area (TPSA) is 21.3 Å². The normalized spacial score (nSPS) is 12.2. The zero-order chi connectivity index (χ0) is 13.0. The van der Waals surface area contributed by atoms with Crippen molar-refractivity contribution in [2.45, 2.75) is 6.04 Å². The highest BCUT2D eigenvalue weighted by molar-refractivity contribution is 5.42. The summed E-state index contributed by atoms with van der Waals surface area (Å²) in [5.41, 5.74) is 1.54. The second-order valence-corrected chi connectivity index (χ2v) is 3.99. The second-order valence-electron chi connectivity index (χ2n) is 3.99. The fraction of sp³-hybridized carbons (Fsp3) is 0.200. The van der Waals surface area contributed by atoms with E-state index in [1.807, 2.05) is 37.4 Å². The lowest BCUT2D eigenvalue weighted by Crippen LogP contribution is -2.19. The number of rotatable bonds is 4. The molecule has 1 N–H and O–H groups in total. The van der Waals surface area contributed by atoms with E-state index in [0.717, 1.165) is 5.56 Å². The molecule has 0 aliphatic carbocycles. The predicted molar refractivity (Wildman–Crippen MR) is 70.3 cm³/mol. The molecule has 0 radical (unpaired) electrons. The van der Waals surface area contributed by atoms with Crippen LogP contribution < -0.4 is 10.1 Å². The van der Waals surface area contributed by atoms with Gasteiger partial charge in [-0.1, -0.05) is 36.4 Å².